The molecule has 0 amide bonds. The minimum Gasteiger partial charge on any atom is -0.357 e. The van der Waals surface area contributed by atoms with E-state index in [-0.39, 0.29) is 24.0 Å². The maximum Gasteiger partial charge on any atom is 0.191 e. The number of nitrogens with zero attached hydrogens (tertiary/aromatic N) is 2. The van der Waals surface area contributed by atoms with Crippen molar-refractivity contribution in [3.8, 4) is 0 Å². The molecule has 1 aromatic carbocycles. The van der Waals surface area contributed by atoms with Gasteiger partial charge in [0.1, 0.15) is 0 Å². The fraction of sp³-hybridized carbons (Fsp3) is 0.444. The number of aliphatic imine (C=N–C) groups is 1. The second kappa shape index (κ2) is 9.87. The third kappa shape index (κ3) is 6.21. The molecule has 2 atom stereocenters. The van der Waals surface area contributed by atoms with Gasteiger partial charge in [0.05, 0.1) is 5.01 Å². The highest BCUT2D eigenvalue weighted by Crippen LogP contribution is 2.40. The second-order valence-electron chi connectivity index (χ2n) is 6.02. The van der Waals surface area contributed by atoms with Crippen LogP contribution in [0.15, 0.2) is 39.9 Å². The molecule has 2 N–H and O–H groups in total. The first-order chi connectivity index (χ1) is 11.7. The predicted molar refractivity (Wildman–Crippen MR) is 120 cm³/mol. The summed E-state index contributed by atoms with van der Waals surface area (Å²) in [5, 5.41) is 8.06. The number of aryl methyl sites for hydroxylation is 1. The Balaban J connectivity index is 0.00000225. The van der Waals surface area contributed by atoms with E-state index in [2.05, 4.69) is 69.7 Å². The molecule has 3 rings (SSSR count). The quantitative estimate of drug-likeness (QED) is 0.326. The Bertz CT molecular complexity index is 701. The molecule has 0 aliphatic heterocycles. The lowest BCUT2D eigenvalue weighted by Crippen LogP contribution is -2.39. The number of halogens is 2. The number of hydrogen-bond acceptors (Lipinski definition) is 3. The molecule has 1 fully saturated rings. The maximum absolute atomic E-state index is 4.69. The number of nitrogens with one attached hydrogen (secondary N) is 2. The molecular weight excluding hydrogens is 511 g/mol. The van der Waals surface area contributed by atoms with Crippen molar-refractivity contribution >= 4 is 57.2 Å². The molecule has 1 aromatic heterocycles. The zero-order chi connectivity index (χ0) is 16.9. The molecule has 0 bridgehead atoms. The summed E-state index contributed by atoms with van der Waals surface area (Å²) in [7, 11) is 0. The standard InChI is InChI=1S/C18H23BrN4S.HI/c1-3-20-18(21-9-8-17-22-11-12(2)24-17)23-16-10-15(16)13-4-6-14(19)7-5-13;/h4-7,11,15-16H,3,8-10H2,1-2H3,(H2,20,21,23);1H. The Morgan fingerprint density at radius 1 is 1.36 bits per heavy atom. The first-order valence-corrected chi connectivity index (χ1v) is 9.98. The SMILES string of the molecule is CCNC(=NCCc1ncc(C)s1)NC1CC1c1ccc(Br)cc1.I. The van der Waals surface area contributed by atoms with Gasteiger partial charge in [-0.3, -0.25) is 4.99 Å². The molecule has 4 nitrogen and oxygen atoms in total. The second-order valence-corrected chi connectivity index (χ2v) is 8.25. The molecule has 7 heteroatoms. The van der Waals surface area contributed by atoms with Gasteiger partial charge in [-0.2, -0.15) is 0 Å². The highest BCUT2D eigenvalue weighted by atomic mass is 127. The molecule has 0 saturated heterocycles. The number of aromatic nitrogens is 1. The molecule has 2 aromatic rings. The first-order valence-electron chi connectivity index (χ1n) is 8.37. The Kier molecular flexibility index (Phi) is 8.15. The van der Waals surface area contributed by atoms with E-state index in [9.17, 15) is 0 Å². The summed E-state index contributed by atoms with van der Waals surface area (Å²) in [5.41, 5.74) is 1.39. The van der Waals surface area contributed by atoms with Crippen LogP contribution >= 0.6 is 51.2 Å². The van der Waals surface area contributed by atoms with Crippen LogP contribution in [-0.2, 0) is 6.42 Å². The van der Waals surface area contributed by atoms with E-state index in [0.29, 0.717) is 12.0 Å². The van der Waals surface area contributed by atoms with Crippen molar-refractivity contribution in [3.05, 3.63) is 50.4 Å². The Labute approximate surface area is 179 Å². The molecule has 1 aliphatic carbocycles. The van der Waals surface area contributed by atoms with Crippen LogP contribution < -0.4 is 10.6 Å². The third-order valence-corrected chi connectivity index (χ3v) is 5.52. The van der Waals surface area contributed by atoms with Gasteiger partial charge in [0, 0.05) is 47.0 Å². The fourth-order valence-corrected chi connectivity index (χ4v) is 3.75. The largest absolute Gasteiger partial charge is 0.357 e. The first kappa shape index (κ1) is 20.6. The molecule has 136 valence electrons. The van der Waals surface area contributed by atoms with Crippen molar-refractivity contribution in [3.63, 3.8) is 0 Å². The summed E-state index contributed by atoms with van der Waals surface area (Å²) in [6.07, 6.45) is 3.99. The van der Waals surface area contributed by atoms with Crippen LogP contribution in [0, 0.1) is 6.92 Å². The molecular formula is C18H24BrIN4S. The van der Waals surface area contributed by atoms with Crippen LogP contribution in [0.3, 0.4) is 0 Å². The highest BCUT2D eigenvalue weighted by Gasteiger charge is 2.38. The third-order valence-electron chi connectivity index (χ3n) is 4.02. The number of rotatable bonds is 6. The van der Waals surface area contributed by atoms with E-state index >= 15 is 0 Å². The van der Waals surface area contributed by atoms with E-state index in [1.165, 1.54) is 10.4 Å². The van der Waals surface area contributed by atoms with E-state index in [0.717, 1.165) is 41.4 Å². The zero-order valence-corrected chi connectivity index (χ0v) is 19.2. The minimum atomic E-state index is 0. The average molecular weight is 535 g/mol. The van der Waals surface area contributed by atoms with Gasteiger partial charge in [0.2, 0.25) is 0 Å². The number of hydrogen-bond donors (Lipinski definition) is 2. The van der Waals surface area contributed by atoms with Crippen molar-refractivity contribution in [1.29, 1.82) is 0 Å². The van der Waals surface area contributed by atoms with Crippen molar-refractivity contribution in [1.82, 2.24) is 15.6 Å². The van der Waals surface area contributed by atoms with Crippen LogP contribution in [0.25, 0.3) is 0 Å². The van der Waals surface area contributed by atoms with Crippen LogP contribution in [0.2, 0.25) is 0 Å². The maximum atomic E-state index is 4.69. The molecule has 2 unspecified atom stereocenters. The van der Waals surface area contributed by atoms with Crippen LogP contribution in [0.4, 0.5) is 0 Å². The van der Waals surface area contributed by atoms with E-state index in [4.69, 9.17) is 4.99 Å². The van der Waals surface area contributed by atoms with E-state index in [1.807, 2.05) is 6.20 Å². The van der Waals surface area contributed by atoms with Gasteiger partial charge in [-0.1, -0.05) is 28.1 Å². The summed E-state index contributed by atoms with van der Waals surface area (Å²) in [4.78, 5) is 10.3. The van der Waals surface area contributed by atoms with Crippen LogP contribution in [0.1, 0.15) is 34.7 Å². The zero-order valence-electron chi connectivity index (χ0n) is 14.5. The van der Waals surface area contributed by atoms with Gasteiger partial charge in [0.25, 0.3) is 0 Å². The van der Waals surface area contributed by atoms with Crippen molar-refractivity contribution in [2.45, 2.75) is 38.6 Å². The van der Waals surface area contributed by atoms with Gasteiger partial charge in [-0.25, -0.2) is 4.98 Å². The predicted octanol–water partition coefficient (Wildman–Crippen LogP) is 4.49. The Hall–Kier alpha value is -0.670. The molecule has 0 radical (unpaired) electrons. The van der Waals surface area contributed by atoms with Gasteiger partial charge < -0.3 is 10.6 Å². The number of guanidine groups is 1. The number of thiazole rings is 1. The minimum absolute atomic E-state index is 0. The van der Waals surface area contributed by atoms with Crippen molar-refractivity contribution in [2.24, 2.45) is 4.99 Å². The van der Waals surface area contributed by atoms with Crippen LogP contribution in [-0.4, -0.2) is 30.1 Å². The van der Waals surface area contributed by atoms with Gasteiger partial charge in [-0.05, 0) is 38.0 Å². The molecule has 1 heterocycles. The fourth-order valence-electron chi connectivity index (χ4n) is 2.71. The van der Waals surface area contributed by atoms with Gasteiger partial charge in [0.15, 0.2) is 5.96 Å². The normalized spacial score (nSPS) is 19.2. The molecule has 1 aliphatic rings. The highest BCUT2D eigenvalue weighted by molar-refractivity contribution is 14.0. The Morgan fingerprint density at radius 2 is 2.12 bits per heavy atom. The molecule has 25 heavy (non-hydrogen) atoms. The summed E-state index contributed by atoms with van der Waals surface area (Å²) in [6, 6.07) is 9.10. The van der Waals surface area contributed by atoms with Gasteiger partial charge >= 0.3 is 0 Å². The van der Waals surface area contributed by atoms with E-state index < -0.39 is 0 Å². The monoisotopic (exact) mass is 534 g/mol. The summed E-state index contributed by atoms with van der Waals surface area (Å²) in [6.45, 7) is 5.82. The van der Waals surface area contributed by atoms with Gasteiger partial charge in [-0.15, -0.1) is 35.3 Å². The molecule has 0 spiro atoms. The van der Waals surface area contributed by atoms with Crippen molar-refractivity contribution in [2.75, 3.05) is 13.1 Å². The molecule has 1 saturated carbocycles. The average Bonchev–Trinajstić information content (AvgIpc) is 3.20. The van der Waals surface area contributed by atoms with Crippen LogP contribution in [0.5, 0.6) is 0 Å². The summed E-state index contributed by atoms with van der Waals surface area (Å²) >= 11 is 5.24. The summed E-state index contributed by atoms with van der Waals surface area (Å²) in [5.74, 6) is 1.50. The lowest BCUT2D eigenvalue weighted by atomic mass is 10.1. The Morgan fingerprint density at radius 3 is 2.76 bits per heavy atom. The topological polar surface area (TPSA) is 49.3 Å². The lowest BCUT2D eigenvalue weighted by Gasteiger charge is -2.11. The number of benzene rings is 1. The van der Waals surface area contributed by atoms with E-state index in [1.54, 1.807) is 11.3 Å². The smallest absolute Gasteiger partial charge is 0.191 e. The summed E-state index contributed by atoms with van der Waals surface area (Å²) < 4.78 is 1.13. The lowest BCUT2D eigenvalue weighted by molar-refractivity contribution is 0.791. The van der Waals surface area contributed by atoms with Crippen molar-refractivity contribution < 1.29 is 0 Å².